The maximum absolute atomic E-state index is 11.9. The standard InChI is InChI=1S/C27H35NO3/c1-20(18-22(3)25(30-4)19-23-12-8-6-9-13-23)16-17-21(2)26(28-27(29)31-5)24-14-10-7-11-15-24/h6-18,21-22,25-26H,19H2,1-5H3,(H,28,29)/b17-16+,20-18+/t21-,22+,25+,26+/m0/s1. The third kappa shape index (κ3) is 8.06. The molecule has 31 heavy (non-hydrogen) atoms. The van der Waals surface area contributed by atoms with Gasteiger partial charge in [-0.15, -0.1) is 0 Å². The van der Waals surface area contributed by atoms with Crippen molar-refractivity contribution in [2.75, 3.05) is 14.2 Å². The molecule has 166 valence electrons. The highest BCUT2D eigenvalue weighted by molar-refractivity contribution is 5.67. The lowest BCUT2D eigenvalue weighted by molar-refractivity contribution is 0.0745. The number of carbonyl (C=O) groups is 1. The fourth-order valence-electron chi connectivity index (χ4n) is 3.69. The van der Waals surface area contributed by atoms with Crippen molar-refractivity contribution in [3.05, 3.63) is 95.6 Å². The van der Waals surface area contributed by atoms with Gasteiger partial charge in [0, 0.05) is 13.0 Å². The number of allylic oxidation sites excluding steroid dienone is 2. The van der Waals surface area contributed by atoms with E-state index in [-0.39, 0.29) is 24.0 Å². The quantitative estimate of drug-likeness (QED) is 0.470. The van der Waals surface area contributed by atoms with E-state index in [1.54, 1.807) is 7.11 Å². The average molecular weight is 422 g/mol. The van der Waals surface area contributed by atoms with Crippen LogP contribution in [0.25, 0.3) is 0 Å². The van der Waals surface area contributed by atoms with E-state index in [2.05, 4.69) is 68.6 Å². The fraction of sp³-hybridized carbons (Fsp3) is 0.370. The van der Waals surface area contributed by atoms with Crippen LogP contribution in [0.5, 0.6) is 0 Å². The van der Waals surface area contributed by atoms with Crippen molar-refractivity contribution < 1.29 is 14.3 Å². The molecule has 0 saturated heterocycles. The van der Waals surface area contributed by atoms with Crippen molar-refractivity contribution in [3.8, 4) is 0 Å². The molecule has 2 aromatic rings. The first-order valence-electron chi connectivity index (χ1n) is 10.8. The summed E-state index contributed by atoms with van der Waals surface area (Å²) < 4.78 is 10.6. The van der Waals surface area contributed by atoms with Gasteiger partial charge in [-0.2, -0.15) is 0 Å². The average Bonchev–Trinajstić information content (AvgIpc) is 2.80. The predicted octanol–water partition coefficient (Wildman–Crippen LogP) is 6.12. The van der Waals surface area contributed by atoms with E-state index in [1.165, 1.54) is 18.2 Å². The number of rotatable bonds is 10. The van der Waals surface area contributed by atoms with Crippen molar-refractivity contribution >= 4 is 6.09 Å². The van der Waals surface area contributed by atoms with Gasteiger partial charge in [0.1, 0.15) is 0 Å². The monoisotopic (exact) mass is 421 g/mol. The molecule has 0 radical (unpaired) electrons. The minimum Gasteiger partial charge on any atom is -0.453 e. The van der Waals surface area contributed by atoms with Crippen LogP contribution in [0.15, 0.2) is 84.5 Å². The van der Waals surface area contributed by atoms with E-state index in [0.717, 1.165) is 12.0 Å². The summed E-state index contributed by atoms with van der Waals surface area (Å²) in [5.74, 6) is 0.353. The topological polar surface area (TPSA) is 47.6 Å². The van der Waals surface area contributed by atoms with Crippen LogP contribution in [0.1, 0.15) is 37.9 Å². The maximum Gasteiger partial charge on any atom is 0.407 e. The zero-order valence-electron chi connectivity index (χ0n) is 19.2. The molecule has 0 aliphatic carbocycles. The molecule has 0 aromatic heterocycles. The zero-order chi connectivity index (χ0) is 22.6. The highest BCUT2D eigenvalue weighted by Crippen LogP contribution is 2.24. The smallest absolute Gasteiger partial charge is 0.407 e. The Labute approximate surface area is 187 Å². The van der Waals surface area contributed by atoms with E-state index in [4.69, 9.17) is 9.47 Å². The van der Waals surface area contributed by atoms with Crippen LogP contribution in [-0.4, -0.2) is 26.4 Å². The van der Waals surface area contributed by atoms with Gasteiger partial charge >= 0.3 is 6.09 Å². The Balaban J connectivity index is 2.07. The number of hydrogen-bond donors (Lipinski definition) is 1. The molecule has 1 N–H and O–H groups in total. The van der Waals surface area contributed by atoms with Crippen LogP contribution in [0.2, 0.25) is 0 Å². The summed E-state index contributed by atoms with van der Waals surface area (Å²) in [6, 6.07) is 20.2. The van der Waals surface area contributed by atoms with Gasteiger partial charge < -0.3 is 14.8 Å². The van der Waals surface area contributed by atoms with Crippen LogP contribution in [-0.2, 0) is 15.9 Å². The Morgan fingerprint density at radius 2 is 1.58 bits per heavy atom. The molecule has 0 bridgehead atoms. The van der Waals surface area contributed by atoms with Crippen LogP contribution in [0.4, 0.5) is 4.79 Å². The largest absolute Gasteiger partial charge is 0.453 e. The molecule has 4 heteroatoms. The molecule has 2 rings (SSSR count). The first-order valence-corrected chi connectivity index (χ1v) is 10.8. The highest BCUT2D eigenvalue weighted by atomic mass is 16.5. The van der Waals surface area contributed by atoms with Crippen molar-refractivity contribution in [3.63, 3.8) is 0 Å². The van der Waals surface area contributed by atoms with Crippen LogP contribution >= 0.6 is 0 Å². The molecule has 2 aromatic carbocycles. The van der Waals surface area contributed by atoms with Gasteiger partial charge in [0.15, 0.2) is 0 Å². The van der Waals surface area contributed by atoms with Gasteiger partial charge in [-0.05, 0) is 30.4 Å². The first-order chi connectivity index (χ1) is 14.9. The van der Waals surface area contributed by atoms with Crippen molar-refractivity contribution in [1.82, 2.24) is 5.32 Å². The maximum atomic E-state index is 11.9. The number of benzene rings is 2. The van der Waals surface area contributed by atoms with Crippen LogP contribution in [0.3, 0.4) is 0 Å². The fourth-order valence-corrected chi connectivity index (χ4v) is 3.69. The molecule has 0 aliphatic rings. The summed E-state index contributed by atoms with van der Waals surface area (Å²) in [5.41, 5.74) is 3.48. The summed E-state index contributed by atoms with van der Waals surface area (Å²) >= 11 is 0. The lowest BCUT2D eigenvalue weighted by Crippen LogP contribution is -2.31. The Morgan fingerprint density at radius 1 is 0.968 bits per heavy atom. The zero-order valence-corrected chi connectivity index (χ0v) is 19.2. The normalized spacial score (nSPS) is 15.8. The molecule has 0 saturated carbocycles. The van der Waals surface area contributed by atoms with Crippen molar-refractivity contribution in [2.45, 2.75) is 39.3 Å². The van der Waals surface area contributed by atoms with Gasteiger partial charge in [0.2, 0.25) is 0 Å². The van der Waals surface area contributed by atoms with Gasteiger partial charge in [-0.3, -0.25) is 0 Å². The highest BCUT2D eigenvalue weighted by Gasteiger charge is 2.20. The first kappa shape index (κ1) is 24.4. The number of amides is 1. The summed E-state index contributed by atoms with van der Waals surface area (Å²) in [5, 5.41) is 2.95. The Kier molecular flexibility index (Phi) is 10.0. The van der Waals surface area contributed by atoms with Crippen LogP contribution in [0, 0.1) is 11.8 Å². The van der Waals surface area contributed by atoms with E-state index in [9.17, 15) is 4.79 Å². The lowest BCUT2D eigenvalue weighted by Gasteiger charge is -2.23. The van der Waals surface area contributed by atoms with Gasteiger partial charge in [0.05, 0.1) is 19.3 Å². The van der Waals surface area contributed by atoms with E-state index < -0.39 is 6.09 Å². The van der Waals surface area contributed by atoms with Gasteiger partial charge in [-0.1, -0.05) is 98.3 Å². The van der Waals surface area contributed by atoms with Gasteiger partial charge in [-0.25, -0.2) is 4.79 Å². The molecule has 4 nitrogen and oxygen atoms in total. The molecule has 0 spiro atoms. The summed E-state index contributed by atoms with van der Waals surface area (Å²) in [7, 11) is 3.15. The van der Waals surface area contributed by atoms with Gasteiger partial charge in [0.25, 0.3) is 0 Å². The van der Waals surface area contributed by atoms with E-state index >= 15 is 0 Å². The number of carbonyl (C=O) groups excluding carboxylic acids is 1. The Hall–Kier alpha value is -2.85. The third-order valence-electron chi connectivity index (χ3n) is 5.50. The molecular formula is C27H35NO3. The molecular weight excluding hydrogens is 386 g/mol. The molecule has 1 amide bonds. The van der Waals surface area contributed by atoms with Crippen molar-refractivity contribution in [1.29, 1.82) is 0 Å². The Morgan fingerprint density at radius 3 is 2.16 bits per heavy atom. The SMILES string of the molecule is COC(=O)N[C@@H](c1ccccc1)[C@@H](C)/C=C/C(C)=C/[C@@H](C)[C@@H](Cc1ccccc1)OC. The molecule has 0 aliphatic heterocycles. The number of alkyl carbamates (subject to hydrolysis) is 1. The second-order valence-electron chi connectivity index (χ2n) is 7.98. The minimum atomic E-state index is -0.432. The molecule has 0 fully saturated rings. The molecule has 0 unspecified atom stereocenters. The summed E-state index contributed by atoms with van der Waals surface area (Å²) in [6.45, 7) is 6.37. The number of ether oxygens (including phenoxy) is 2. The molecule has 4 atom stereocenters. The lowest BCUT2D eigenvalue weighted by atomic mass is 9.92. The summed E-state index contributed by atoms with van der Waals surface area (Å²) in [6.07, 6.45) is 7.05. The second kappa shape index (κ2) is 12.8. The third-order valence-corrected chi connectivity index (χ3v) is 5.50. The van der Waals surface area contributed by atoms with Crippen molar-refractivity contribution in [2.24, 2.45) is 11.8 Å². The Bertz CT molecular complexity index is 845. The van der Waals surface area contributed by atoms with E-state index in [0.29, 0.717) is 0 Å². The summed E-state index contributed by atoms with van der Waals surface area (Å²) in [4.78, 5) is 11.9. The number of methoxy groups -OCH3 is 2. The molecule has 0 heterocycles. The van der Waals surface area contributed by atoms with E-state index in [1.807, 2.05) is 36.4 Å². The van der Waals surface area contributed by atoms with Crippen LogP contribution < -0.4 is 5.32 Å². The number of nitrogens with one attached hydrogen (secondary N) is 1. The number of hydrogen-bond acceptors (Lipinski definition) is 3. The second-order valence-corrected chi connectivity index (χ2v) is 7.98. The predicted molar refractivity (Wildman–Crippen MR) is 127 cm³/mol. The minimum absolute atomic E-state index is 0.0858.